The summed E-state index contributed by atoms with van der Waals surface area (Å²) >= 11 is 1.67. The van der Waals surface area contributed by atoms with E-state index in [9.17, 15) is 4.79 Å². The van der Waals surface area contributed by atoms with Crippen molar-refractivity contribution in [3.05, 3.63) is 22.4 Å². The van der Waals surface area contributed by atoms with Crippen LogP contribution >= 0.6 is 11.3 Å². The highest BCUT2D eigenvalue weighted by Crippen LogP contribution is 2.31. The molecule has 0 aromatic carbocycles. The molecule has 3 nitrogen and oxygen atoms in total. The Balaban J connectivity index is 2.07. The summed E-state index contributed by atoms with van der Waals surface area (Å²) in [5, 5.41) is 7.46. The minimum atomic E-state index is -0.404. The molecule has 0 spiro atoms. The second-order valence-electron chi connectivity index (χ2n) is 5.46. The van der Waals surface area contributed by atoms with Gasteiger partial charge in [0.25, 0.3) is 0 Å². The maximum absolute atomic E-state index is 12.1. The third-order valence-electron chi connectivity index (χ3n) is 2.90. The van der Waals surface area contributed by atoms with E-state index in [1.54, 1.807) is 11.3 Å². The molecule has 0 amide bonds. The lowest BCUT2D eigenvalue weighted by molar-refractivity contribution is -0.159. The van der Waals surface area contributed by atoms with Gasteiger partial charge in [0.1, 0.15) is 5.60 Å². The van der Waals surface area contributed by atoms with Crippen LogP contribution in [0.1, 0.15) is 32.3 Å². The molecule has 1 N–H and O–H groups in total. The van der Waals surface area contributed by atoms with E-state index in [0.29, 0.717) is 0 Å². The quantitative estimate of drug-likeness (QED) is 0.822. The molecular weight excluding hydrogens is 234 g/mol. The van der Waals surface area contributed by atoms with Crippen LogP contribution in [0.5, 0.6) is 0 Å². The van der Waals surface area contributed by atoms with Gasteiger partial charge in [-0.2, -0.15) is 11.3 Å². The molecule has 94 valence electrons. The molecular formula is C13H19NO2S. The molecule has 1 fully saturated rings. The van der Waals surface area contributed by atoms with Gasteiger partial charge in [-0.1, -0.05) is 0 Å². The number of hydrogen-bond acceptors (Lipinski definition) is 4. The molecule has 2 atom stereocenters. The fourth-order valence-corrected chi connectivity index (χ4v) is 2.86. The lowest BCUT2D eigenvalue weighted by Crippen LogP contribution is -2.31. The van der Waals surface area contributed by atoms with Crippen molar-refractivity contribution < 1.29 is 9.53 Å². The van der Waals surface area contributed by atoms with Crippen LogP contribution in [0.25, 0.3) is 0 Å². The van der Waals surface area contributed by atoms with Crippen molar-refractivity contribution in [1.29, 1.82) is 0 Å². The lowest BCUT2D eigenvalue weighted by Gasteiger charge is -2.24. The first-order valence-corrected chi connectivity index (χ1v) is 6.87. The number of carbonyl (C=O) groups excluding carboxylic acids is 1. The fourth-order valence-electron chi connectivity index (χ4n) is 2.14. The van der Waals surface area contributed by atoms with Gasteiger partial charge in [-0.05, 0) is 43.2 Å². The second-order valence-corrected chi connectivity index (χ2v) is 6.24. The zero-order chi connectivity index (χ0) is 12.5. The highest BCUT2D eigenvalue weighted by atomic mass is 32.1. The predicted molar refractivity (Wildman–Crippen MR) is 69.3 cm³/mol. The Morgan fingerprint density at radius 1 is 1.47 bits per heavy atom. The van der Waals surface area contributed by atoms with E-state index < -0.39 is 5.60 Å². The molecule has 1 aromatic heterocycles. The molecule has 17 heavy (non-hydrogen) atoms. The minimum absolute atomic E-state index is 0.0520. The van der Waals surface area contributed by atoms with Crippen LogP contribution < -0.4 is 5.32 Å². The Morgan fingerprint density at radius 3 is 2.82 bits per heavy atom. The maximum atomic E-state index is 12.1. The molecule has 1 aliphatic heterocycles. The second kappa shape index (κ2) is 4.78. The summed E-state index contributed by atoms with van der Waals surface area (Å²) in [5.74, 6) is 0.124. The van der Waals surface area contributed by atoms with Crippen molar-refractivity contribution in [3.63, 3.8) is 0 Å². The summed E-state index contributed by atoms with van der Waals surface area (Å²) in [7, 11) is 0. The molecule has 2 heterocycles. The number of rotatable bonds is 2. The van der Waals surface area contributed by atoms with Crippen LogP contribution in [0.4, 0.5) is 0 Å². The molecule has 2 unspecified atom stereocenters. The van der Waals surface area contributed by atoms with Gasteiger partial charge < -0.3 is 10.1 Å². The van der Waals surface area contributed by atoms with Crippen molar-refractivity contribution in [3.8, 4) is 0 Å². The summed E-state index contributed by atoms with van der Waals surface area (Å²) < 4.78 is 5.47. The molecule has 0 aliphatic carbocycles. The van der Waals surface area contributed by atoms with E-state index in [4.69, 9.17) is 4.74 Å². The Labute approximate surface area is 106 Å². The van der Waals surface area contributed by atoms with Crippen LogP contribution in [-0.2, 0) is 9.53 Å². The van der Waals surface area contributed by atoms with Gasteiger partial charge in [-0.15, -0.1) is 0 Å². The Bertz CT molecular complexity index is 381. The zero-order valence-electron chi connectivity index (χ0n) is 10.5. The summed E-state index contributed by atoms with van der Waals surface area (Å²) in [5.41, 5.74) is 0.842. The standard InChI is InChI=1S/C13H19NO2S/c1-13(2,3)16-12(15)11-7-14-6-10(11)9-4-5-17-8-9/h4-5,8,10-11,14H,6-7H2,1-3H3. The molecule has 1 aromatic rings. The van der Waals surface area contributed by atoms with Crippen LogP contribution in [0, 0.1) is 5.92 Å². The number of carbonyl (C=O) groups is 1. The number of thiophene rings is 1. The normalized spacial score (nSPS) is 24.9. The molecule has 0 radical (unpaired) electrons. The van der Waals surface area contributed by atoms with Crippen molar-refractivity contribution in [1.82, 2.24) is 5.32 Å². The van der Waals surface area contributed by atoms with Gasteiger partial charge in [0.05, 0.1) is 5.92 Å². The molecule has 1 saturated heterocycles. The SMILES string of the molecule is CC(C)(C)OC(=O)C1CNCC1c1ccsc1. The maximum Gasteiger partial charge on any atom is 0.311 e. The number of nitrogens with one attached hydrogen (secondary N) is 1. The van der Waals surface area contributed by atoms with E-state index in [1.165, 1.54) is 5.56 Å². The molecule has 0 bridgehead atoms. The third kappa shape index (κ3) is 3.07. The first kappa shape index (κ1) is 12.6. The topological polar surface area (TPSA) is 38.3 Å². The van der Waals surface area contributed by atoms with Gasteiger partial charge in [-0.25, -0.2) is 0 Å². The summed E-state index contributed by atoms with van der Waals surface area (Å²) in [6.07, 6.45) is 0. The van der Waals surface area contributed by atoms with Crippen LogP contribution in [0.3, 0.4) is 0 Å². The van der Waals surface area contributed by atoms with Crippen LogP contribution in [-0.4, -0.2) is 24.7 Å². The van der Waals surface area contributed by atoms with Gasteiger partial charge in [0.2, 0.25) is 0 Å². The van der Waals surface area contributed by atoms with E-state index in [-0.39, 0.29) is 17.8 Å². The molecule has 2 rings (SSSR count). The number of hydrogen-bond donors (Lipinski definition) is 1. The largest absolute Gasteiger partial charge is 0.460 e. The van der Waals surface area contributed by atoms with Crippen molar-refractivity contribution >= 4 is 17.3 Å². The minimum Gasteiger partial charge on any atom is -0.460 e. The van der Waals surface area contributed by atoms with Crippen LogP contribution in [0.2, 0.25) is 0 Å². The summed E-state index contributed by atoms with van der Waals surface area (Å²) in [4.78, 5) is 12.1. The van der Waals surface area contributed by atoms with E-state index >= 15 is 0 Å². The van der Waals surface area contributed by atoms with E-state index in [1.807, 2.05) is 20.8 Å². The summed E-state index contributed by atoms with van der Waals surface area (Å²) in [6, 6.07) is 2.10. The molecule has 0 saturated carbocycles. The smallest absolute Gasteiger partial charge is 0.311 e. The number of esters is 1. The van der Waals surface area contributed by atoms with Crippen molar-refractivity contribution in [2.24, 2.45) is 5.92 Å². The van der Waals surface area contributed by atoms with E-state index in [2.05, 4.69) is 22.1 Å². The number of ether oxygens (including phenoxy) is 1. The Hall–Kier alpha value is -0.870. The summed E-state index contributed by atoms with van der Waals surface area (Å²) in [6.45, 7) is 7.31. The monoisotopic (exact) mass is 253 g/mol. The van der Waals surface area contributed by atoms with Gasteiger partial charge in [0, 0.05) is 19.0 Å². The Morgan fingerprint density at radius 2 is 2.24 bits per heavy atom. The van der Waals surface area contributed by atoms with Gasteiger partial charge in [0.15, 0.2) is 0 Å². The van der Waals surface area contributed by atoms with Gasteiger partial charge in [-0.3, -0.25) is 4.79 Å². The van der Waals surface area contributed by atoms with Gasteiger partial charge >= 0.3 is 5.97 Å². The lowest BCUT2D eigenvalue weighted by atomic mass is 9.91. The highest BCUT2D eigenvalue weighted by Gasteiger charge is 2.36. The fraction of sp³-hybridized carbons (Fsp3) is 0.615. The average molecular weight is 253 g/mol. The zero-order valence-corrected chi connectivity index (χ0v) is 11.3. The first-order valence-electron chi connectivity index (χ1n) is 5.93. The van der Waals surface area contributed by atoms with Crippen molar-refractivity contribution in [2.45, 2.75) is 32.3 Å². The first-order chi connectivity index (χ1) is 7.97. The highest BCUT2D eigenvalue weighted by molar-refractivity contribution is 7.08. The van der Waals surface area contributed by atoms with Crippen LogP contribution in [0.15, 0.2) is 16.8 Å². The van der Waals surface area contributed by atoms with E-state index in [0.717, 1.165) is 13.1 Å². The Kier molecular flexibility index (Phi) is 3.54. The molecule has 1 aliphatic rings. The molecule has 4 heteroatoms. The van der Waals surface area contributed by atoms with Crippen molar-refractivity contribution in [2.75, 3.05) is 13.1 Å². The average Bonchev–Trinajstić information content (AvgIpc) is 2.85. The predicted octanol–water partition coefficient (Wildman–Crippen LogP) is 2.39. The third-order valence-corrected chi connectivity index (χ3v) is 3.60.